The summed E-state index contributed by atoms with van der Waals surface area (Å²) >= 11 is 6.03. The number of halogens is 2. The minimum absolute atomic E-state index is 0.0546. The van der Waals surface area contributed by atoms with Crippen LogP contribution in [0.4, 0.5) is 10.3 Å². The molecule has 1 aliphatic heterocycles. The largest absolute Gasteiger partial charge is 0.354 e. The van der Waals surface area contributed by atoms with Gasteiger partial charge in [-0.2, -0.15) is 4.31 Å². The number of piperidine rings is 1. The Morgan fingerprint density at radius 3 is 2.63 bits per heavy atom. The van der Waals surface area contributed by atoms with Gasteiger partial charge in [0, 0.05) is 29.7 Å². The minimum Gasteiger partial charge on any atom is -0.354 e. The number of hydrogen-bond donors (Lipinski definition) is 2. The molecule has 2 aromatic carbocycles. The predicted molar refractivity (Wildman–Crippen MR) is 137 cm³/mol. The predicted octanol–water partition coefficient (Wildman–Crippen LogP) is 4.10. The zero-order valence-electron chi connectivity index (χ0n) is 19.5. The van der Waals surface area contributed by atoms with Crippen molar-refractivity contribution in [2.24, 2.45) is 0 Å². The van der Waals surface area contributed by atoms with Gasteiger partial charge in [0.15, 0.2) is 5.82 Å². The van der Waals surface area contributed by atoms with Gasteiger partial charge in [-0.3, -0.25) is 0 Å². The number of nitrogens with one attached hydrogen (secondary N) is 2. The first-order valence-corrected chi connectivity index (χ1v) is 13.8. The number of sulfonamides is 1. The molecule has 0 aliphatic carbocycles. The van der Waals surface area contributed by atoms with E-state index in [1.54, 1.807) is 22.5 Å². The van der Waals surface area contributed by atoms with Crippen molar-refractivity contribution in [3.63, 3.8) is 0 Å². The number of benzene rings is 2. The summed E-state index contributed by atoms with van der Waals surface area (Å²) in [6.45, 7) is 2.37. The summed E-state index contributed by atoms with van der Waals surface area (Å²) in [5, 5.41) is 7.08. The number of anilines is 1. The van der Waals surface area contributed by atoms with E-state index < -0.39 is 15.8 Å². The van der Waals surface area contributed by atoms with Crippen LogP contribution in [-0.4, -0.2) is 54.6 Å². The second-order valence-electron chi connectivity index (χ2n) is 8.69. The molecule has 186 valence electrons. The third-order valence-corrected chi connectivity index (χ3v) is 7.52. The summed E-state index contributed by atoms with van der Waals surface area (Å²) in [6.07, 6.45) is 4.62. The van der Waals surface area contributed by atoms with Gasteiger partial charge in [-0.1, -0.05) is 41.9 Å². The molecule has 0 atom stereocenters. The second-order valence-corrected chi connectivity index (χ2v) is 11.1. The Morgan fingerprint density at radius 2 is 1.89 bits per heavy atom. The number of hydrogen-bond acceptors (Lipinski definition) is 6. The molecule has 0 radical (unpaired) electrons. The third kappa shape index (κ3) is 6.98. The van der Waals surface area contributed by atoms with E-state index in [9.17, 15) is 12.8 Å². The van der Waals surface area contributed by atoms with Gasteiger partial charge in [-0.15, -0.1) is 0 Å². The molecule has 35 heavy (non-hydrogen) atoms. The van der Waals surface area contributed by atoms with E-state index in [-0.39, 0.29) is 18.3 Å². The van der Waals surface area contributed by atoms with E-state index in [2.05, 4.69) is 20.6 Å². The minimum atomic E-state index is -3.40. The van der Waals surface area contributed by atoms with Gasteiger partial charge in [-0.05, 0) is 61.7 Å². The van der Waals surface area contributed by atoms with Crippen molar-refractivity contribution in [2.45, 2.75) is 31.8 Å². The molecule has 10 heteroatoms. The van der Waals surface area contributed by atoms with Gasteiger partial charge in [0.2, 0.25) is 16.0 Å². The van der Waals surface area contributed by atoms with E-state index in [0.717, 1.165) is 43.3 Å². The molecule has 1 fully saturated rings. The monoisotopic (exact) mass is 517 g/mol. The summed E-state index contributed by atoms with van der Waals surface area (Å²) in [4.78, 5) is 8.45. The normalized spacial score (nSPS) is 14.9. The van der Waals surface area contributed by atoms with Gasteiger partial charge in [0.1, 0.15) is 5.69 Å². The van der Waals surface area contributed by atoms with E-state index in [1.165, 1.54) is 6.26 Å². The molecule has 0 spiro atoms. The van der Waals surface area contributed by atoms with Crippen LogP contribution in [-0.2, 0) is 23.0 Å². The Kier molecular flexibility index (Phi) is 8.33. The molecule has 2 heterocycles. The number of nitrogens with zero attached hydrogens (tertiary/aromatic N) is 3. The lowest BCUT2D eigenvalue weighted by Crippen LogP contribution is -2.45. The standard InChI is InChI=1S/C25H29ClFN5O2S/c1-35(33,34)32(22-9-11-28-12-10-22)17-19-5-2-6-20(14-19)24-23(27)16-30-25(31-24)29-13-8-18-4-3-7-21(26)15-18/h2-7,14-16,22,28H,8-13,17H2,1H3,(H,29,30,31). The fraction of sp³-hybridized carbons (Fsp3) is 0.360. The molecule has 0 unspecified atom stereocenters. The smallest absolute Gasteiger partial charge is 0.223 e. The first-order chi connectivity index (χ1) is 16.8. The second kappa shape index (κ2) is 11.4. The molecule has 0 bridgehead atoms. The van der Waals surface area contributed by atoms with E-state index in [0.29, 0.717) is 29.5 Å². The van der Waals surface area contributed by atoms with Crippen LogP contribution in [0.15, 0.2) is 54.7 Å². The molecule has 4 rings (SSSR count). The first kappa shape index (κ1) is 25.5. The molecule has 2 N–H and O–H groups in total. The summed E-state index contributed by atoms with van der Waals surface area (Å²) in [7, 11) is -3.40. The fourth-order valence-corrected chi connectivity index (χ4v) is 5.62. The highest BCUT2D eigenvalue weighted by molar-refractivity contribution is 7.88. The Labute approximate surface area is 210 Å². The van der Waals surface area contributed by atoms with Crippen LogP contribution >= 0.6 is 11.6 Å². The van der Waals surface area contributed by atoms with E-state index in [4.69, 9.17) is 11.6 Å². The molecule has 1 aromatic heterocycles. The molecular formula is C25H29ClFN5O2S. The lowest BCUT2D eigenvalue weighted by Gasteiger charge is -2.32. The van der Waals surface area contributed by atoms with Gasteiger partial charge in [0.25, 0.3) is 0 Å². The topological polar surface area (TPSA) is 87.2 Å². The SMILES string of the molecule is CS(=O)(=O)N(Cc1cccc(-c2nc(NCCc3cccc(Cl)c3)ncc2F)c1)C1CCNCC1. The zero-order valence-corrected chi connectivity index (χ0v) is 21.1. The zero-order chi connectivity index (χ0) is 24.8. The van der Waals surface area contributed by atoms with Gasteiger partial charge in [-0.25, -0.2) is 22.8 Å². The van der Waals surface area contributed by atoms with Crippen molar-refractivity contribution in [1.29, 1.82) is 0 Å². The highest BCUT2D eigenvalue weighted by atomic mass is 35.5. The van der Waals surface area contributed by atoms with Crippen LogP contribution in [0.3, 0.4) is 0 Å². The molecular weight excluding hydrogens is 489 g/mol. The highest BCUT2D eigenvalue weighted by Gasteiger charge is 2.28. The van der Waals surface area contributed by atoms with Crippen LogP contribution in [0, 0.1) is 5.82 Å². The number of aromatic nitrogens is 2. The number of rotatable bonds is 9. The van der Waals surface area contributed by atoms with Crippen molar-refractivity contribution in [1.82, 2.24) is 19.6 Å². The van der Waals surface area contributed by atoms with Gasteiger partial charge in [0.05, 0.1) is 12.5 Å². The van der Waals surface area contributed by atoms with Crippen LogP contribution < -0.4 is 10.6 Å². The Bertz CT molecular complexity index is 1270. The Morgan fingerprint density at radius 1 is 1.14 bits per heavy atom. The van der Waals surface area contributed by atoms with Crippen LogP contribution in [0.25, 0.3) is 11.3 Å². The molecule has 0 saturated carbocycles. The van der Waals surface area contributed by atoms with Crippen molar-refractivity contribution >= 4 is 27.6 Å². The van der Waals surface area contributed by atoms with Gasteiger partial charge < -0.3 is 10.6 Å². The molecule has 1 aliphatic rings. The summed E-state index contributed by atoms with van der Waals surface area (Å²) in [6, 6.07) is 14.8. The van der Waals surface area contributed by atoms with Crippen molar-refractivity contribution in [2.75, 3.05) is 31.2 Å². The van der Waals surface area contributed by atoms with Crippen molar-refractivity contribution in [3.8, 4) is 11.3 Å². The quantitative estimate of drug-likeness (QED) is 0.444. The average Bonchev–Trinajstić information content (AvgIpc) is 2.84. The van der Waals surface area contributed by atoms with Gasteiger partial charge >= 0.3 is 0 Å². The first-order valence-electron chi connectivity index (χ1n) is 11.6. The van der Waals surface area contributed by atoms with Crippen LogP contribution in [0.2, 0.25) is 5.02 Å². The molecule has 3 aromatic rings. The molecule has 1 saturated heterocycles. The maximum absolute atomic E-state index is 14.7. The Hall–Kier alpha value is -2.59. The van der Waals surface area contributed by atoms with Crippen LogP contribution in [0.5, 0.6) is 0 Å². The highest BCUT2D eigenvalue weighted by Crippen LogP contribution is 2.25. The van der Waals surface area contributed by atoms with E-state index >= 15 is 0 Å². The lowest BCUT2D eigenvalue weighted by molar-refractivity contribution is 0.258. The lowest BCUT2D eigenvalue weighted by atomic mass is 10.0. The van der Waals surface area contributed by atoms with Crippen LogP contribution in [0.1, 0.15) is 24.0 Å². The van der Waals surface area contributed by atoms with Crippen molar-refractivity contribution < 1.29 is 12.8 Å². The molecule has 7 nitrogen and oxygen atoms in total. The summed E-state index contributed by atoms with van der Waals surface area (Å²) < 4.78 is 41.3. The fourth-order valence-electron chi connectivity index (χ4n) is 4.27. The average molecular weight is 518 g/mol. The van der Waals surface area contributed by atoms with Crippen molar-refractivity contribution in [3.05, 3.63) is 76.7 Å². The third-order valence-electron chi connectivity index (χ3n) is 6.01. The van der Waals surface area contributed by atoms with E-state index in [1.807, 2.05) is 30.3 Å². The Balaban J connectivity index is 1.49. The maximum Gasteiger partial charge on any atom is 0.223 e. The summed E-state index contributed by atoms with van der Waals surface area (Å²) in [5.41, 5.74) is 2.59. The maximum atomic E-state index is 14.7. The molecule has 0 amide bonds. The summed E-state index contributed by atoms with van der Waals surface area (Å²) in [5.74, 6) is -0.220.